The summed E-state index contributed by atoms with van der Waals surface area (Å²) in [6, 6.07) is 0. The van der Waals surface area contributed by atoms with Crippen LogP contribution in [0, 0.1) is 0 Å². The van der Waals surface area contributed by atoms with Crippen molar-refractivity contribution in [2.75, 3.05) is 26.2 Å². The molecule has 0 aliphatic carbocycles. The van der Waals surface area contributed by atoms with Gasteiger partial charge in [-0.25, -0.2) is 0 Å². The van der Waals surface area contributed by atoms with Crippen LogP contribution in [0.1, 0.15) is 45.4 Å². The van der Waals surface area contributed by atoms with Crippen molar-refractivity contribution >= 4 is 0 Å². The molecule has 0 unspecified atom stereocenters. The minimum atomic E-state index is 1.27. The maximum Gasteiger partial charge on any atom is 0.0262 e. The average molecular weight is 208 g/mol. The Morgan fingerprint density at radius 2 is 1.33 bits per heavy atom. The first-order valence-electron chi connectivity index (χ1n) is 6.54. The molecular weight excluding hydrogens is 184 g/mol. The Morgan fingerprint density at radius 3 is 1.93 bits per heavy atom. The molecule has 86 valence electrons. The normalized spacial score (nSPS) is 24.5. The number of hydrogen-bond donors (Lipinski definition) is 0. The standard InChI is InChI=1S/C13H24N2/c1-13(15-10-6-3-7-11-15)12-14-8-4-2-5-9-14/h12H,2-11H2,1H3. The van der Waals surface area contributed by atoms with Gasteiger partial charge in [0.1, 0.15) is 0 Å². The fourth-order valence-corrected chi connectivity index (χ4v) is 2.64. The van der Waals surface area contributed by atoms with Crippen molar-refractivity contribution in [2.24, 2.45) is 0 Å². The van der Waals surface area contributed by atoms with E-state index in [0.717, 1.165) is 0 Å². The molecule has 0 aromatic rings. The van der Waals surface area contributed by atoms with Crippen molar-refractivity contribution in [2.45, 2.75) is 45.4 Å². The number of piperidine rings is 2. The largest absolute Gasteiger partial charge is 0.376 e. The van der Waals surface area contributed by atoms with Gasteiger partial charge in [-0.15, -0.1) is 0 Å². The van der Waals surface area contributed by atoms with Gasteiger partial charge in [0.2, 0.25) is 0 Å². The first-order chi connectivity index (χ1) is 7.36. The highest BCUT2D eigenvalue weighted by molar-refractivity contribution is 4.98. The molecule has 0 aromatic heterocycles. The zero-order chi connectivity index (χ0) is 10.5. The maximum absolute atomic E-state index is 2.55. The molecule has 2 aliphatic rings. The molecule has 2 fully saturated rings. The van der Waals surface area contributed by atoms with E-state index in [2.05, 4.69) is 22.9 Å². The van der Waals surface area contributed by atoms with E-state index in [9.17, 15) is 0 Å². The van der Waals surface area contributed by atoms with Crippen LogP contribution in [-0.4, -0.2) is 36.0 Å². The summed E-state index contributed by atoms with van der Waals surface area (Å²) in [5.74, 6) is 0. The number of allylic oxidation sites excluding steroid dienone is 1. The van der Waals surface area contributed by atoms with E-state index in [1.807, 2.05) is 0 Å². The van der Waals surface area contributed by atoms with Crippen LogP contribution < -0.4 is 0 Å². The predicted molar refractivity (Wildman–Crippen MR) is 64.6 cm³/mol. The lowest BCUT2D eigenvalue weighted by Crippen LogP contribution is -2.31. The topological polar surface area (TPSA) is 6.48 Å². The molecule has 2 heterocycles. The van der Waals surface area contributed by atoms with Crippen molar-refractivity contribution in [3.8, 4) is 0 Å². The molecule has 0 atom stereocenters. The maximum atomic E-state index is 2.55. The molecule has 0 N–H and O–H groups in total. The minimum absolute atomic E-state index is 1.27. The Hall–Kier alpha value is -0.660. The van der Waals surface area contributed by atoms with Gasteiger partial charge in [0.05, 0.1) is 0 Å². The summed E-state index contributed by atoms with van der Waals surface area (Å²) in [4.78, 5) is 5.06. The second kappa shape index (κ2) is 5.43. The van der Waals surface area contributed by atoms with Crippen LogP contribution in [0.25, 0.3) is 0 Å². The summed E-state index contributed by atoms with van der Waals surface area (Å²) in [5.41, 5.74) is 1.48. The molecule has 0 spiro atoms. The van der Waals surface area contributed by atoms with Crippen molar-refractivity contribution in [3.05, 3.63) is 11.9 Å². The third kappa shape index (κ3) is 3.15. The molecule has 2 rings (SSSR count). The quantitative estimate of drug-likeness (QED) is 0.688. The Bertz CT molecular complexity index is 211. The van der Waals surface area contributed by atoms with Crippen LogP contribution in [0.4, 0.5) is 0 Å². The van der Waals surface area contributed by atoms with E-state index in [1.165, 1.54) is 70.4 Å². The third-order valence-corrected chi connectivity index (χ3v) is 3.61. The molecule has 0 aromatic carbocycles. The predicted octanol–water partition coefficient (Wildman–Crippen LogP) is 2.82. The summed E-state index contributed by atoms with van der Waals surface area (Å²) < 4.78 is 0. The Labute approximate surface area is 93.9 Å². The summed E-state index contributed by atoms with van der Waals surface area (Å²) in [5, 5.41) is 0. The average Bonchev–Trinajstić information content (AvgIpc) is 2.31. The highest BCUT2D eigenvalue weighted by atomic mass is 15.2. The summed E-state index contributed by atoms with van der Waals surface area (Å²) in [6.45, 7) is 7.36. The molecule has 2 nitrogen and oxygen atoms in total. The number of likely N-dealkylation sites (tertiary alicyclic amines) is 2. The van der Waals surface area contributed by atoms with Crippen LogP contribution in [0.3, 0.4) is 0 Å². The lowest BCUT2D eigenvalue weighted by atomic mass is 10.1. The Balaban J connectivity index is 1.86. The number of hydrogen-bond acceptors (Lipinski definition) is 2. The van der Waals surface area contributed by atoms with Gasteiger partial charge in [-0.05, 0) is 45.4 Å². The van der Waals surface area contributed by atoms with Crippen molar-refractivity contribution in [3.63, 3.8) is 0 Å². The zero-order valence-electron chi connectivity index (χ0n) is 10.0. The van der Waals surface area contributed by atoms with Crippen molar-refractivity contribution in [1.29, 1.82) is 0 Å². The molecule has 0 amide bonds. The minimum Gasteiger partial charge on any atom is -0.376 e. The van der Waals surface area contributed by atoms with Crippen LogP contribution in [0.5, 0.6) is 0 Å². The molecule has 2 heteroatoms. The number of rotatable bonds is 2. The molecule has 2 aliphatic heterocycles. The smallest absolute Gasteiger partial charge is 0.0262 e. The van der Waals surface area contributed by atoms with E-state index in [4.69, 9.17) is 0 Å². The van der Waals surface area contributed by atoms with Gasteiger partial charge in [0.15, 0.2) is 0 Å². The van der Waals surface area contributed by atoms with Crippen LogP contribution >= 0.6 is 0 Å². The first kappa shape index (κ1) is 10.8. The SMILES string of the molecule is CC(=CN1CCCCC1)N1CCCCC1. The summed E-state index contributed by atoms with van der Waals surface area (Å²) >= 11 is 0. The fourth-order valence-electron chi connectivity index (χ4n) is 2.64. The van der Waals surface area contributed by atoms with Gasteiger partial charge < -0.3 is 9.80 Å². The van der Waals surface area contributed by atoms with Gasteiger partial charge in [-0.3, -0.25) is 0 Å². The number of nitrogens with zero attached hydrogens (tertiary/aromatic N) is 2. The summed E-state index contributed by atoms with van der Waals surface area (Å²) in [6.07, 6.45) is 10.8. The van der Waals surface area contributed by atoms with Gasteiger partial charge in [-0.1, -0.05) is 0 Å². The third-order valence-electron chi connectivity index (χ3n) is 3.61. The second-order valence-corrected chi connectivity index (χ2v) is 4.91. The first-order valence-corrected chi connectivity index (χ1v) is 6.54. The molecule has 0 radical (unpaired) electrons. The van der Waals surface area contributed by atoms with E-state index in [-0.39, 0.29) is 0 Å². The van der Waals surface area contributed by atoms with E-state index >= 15 is 0 Å². The lowest BCUT2D eigenvalue weighted by molar-refractivity contribution is 0.262. The lowest BCUT2D eigenvalue weighted by Gasteiger charge is -2.32. The van der Waals surface area contributed by atoms with Gasteiger partial charge >= 0.3 is 0 Å². The van der Waals surface area contributed by atoms with Crippen LogP contribution in [-0.2, 0) is 0 Å². The van der Waals surface area contributed by atoms with Gasteiger partial charge in [-0.2, -0.15) is 0 Å². The zero-order valence-corrected chi connectivity index (χ0v) is 10.0. The summed E-state index contributed by atoms with van der Waals surface area (Å²) in [7, 11) is 0. The highest BCUT2D eigenvalue weighted by Crippen LogP contribution is 2.16. The molecule has 0 bridgehead atoms. The monoisotopic (exact) mass is 208 g/mol. The molecule has 0 saturated carbocycles. The second-order valence-electron chi connectivity index (χ2n) is 4.91. The van der Waals surface area contributed by atoms with Crippen LogP contribution in [0.2, 0.25) is 0 Å². The molecule has 15 heavy (non-hydrogen) atoms. The van der Waals surface area contributed by atoms with Gasteiger partial charge in [0, 0.05) is 38.1 Å². The molecule has 2 saturated heterocycles. The van der Waals surface area contributed by atoms with E-state index in [0.29, 0.717) is 0 Å². The van der Waals surface area contributed by atoms with Crippen LogP contribution in [0.15, 0.2) is 11.9 Å². The van der Waals surface area contributed by atoms with Gasteiger partial charge in [0.25, 0.3) is 0 Å². The van der Waals surface area contributed by atoms with Crippen molar-refractivity contribution in [1.82, 2.24) is 9.80 Å². The fraction of sp³-hybridized carbons (Fsp3) is 0.846. The molecular formula is C13H24N2. The van der Waals surface area contributed by atoms with Crippen molar-refractivity contribution < 1.29 is 0 Å². The Kier molecular flexibility index (Phi) is 3.93. The van der Waals surface area contributed by atoms with E-state index < -0.39 is 0 Å². The van der Waals surface area contributed by atoms with E-state index in [1.54, 1.807) is 0 Å². The Morgan fingerprint density at radius 1 is 0.800 bits per heavy atom. The highest BCUT2D eigenvalue weighted by Gasteiger charge is 2.12.